The summed E-state index contributed by atoms with van der Waals surface area (Å²) in [6, 6.07) is 0. The fourth-order valence-electron chi connectivity index (χ4n) is 2.59. The van der Waals surface area contributed by atoms with Gasteiger partial charge in [-0.05, 0) is 30.1 Å². The topological polar surface area (TPSA) is 0 Å². The summed E-state index contributed by atoms with van der Waals surface area (Å²) >= 11 is 0. The van der Waals surface area contributed by atoms with Crippen LogP contribution in [-0.4, -0.2) is 0 Å². The Morgan fingerprint density at radius 2 is 1.31 bits per heavy atom. The lowest BCUT2D eigenvalue weighted by atomic mass is 9.77. The summed E-state index contributed by atoms with van der Waals surface area (Å²) in [6.45, 7) is 14.2. The van der Waals surface area contributed by atoms with Crippen LogP contribution in [0.15, 0.2) is 0 Å². The first-order valence-corrected chi connectivity index (χ1v) is 6.02. The second-order valence-electron chi connectivity index (χ2n) is 5.06. The van der Waals surface area contributed by atoms with Gasteiger partial charge in [-0.25, -0.2) is 0 Å². The van der Waals surface area contributed by atoms with Gasteiger partial charge in [0.05, 0.1) is 0 Å². The van der Waals surface area contributed by atoms with Crippen LogP contribution in [0.5, 0.6) is 0 Å². The summed E-state index contributed by atoms with van der Waals surface area (Å²) in [5.74, 6) is 3.60. The van der Waals surface area contributed by atoms with Crippen LogP contribution in [0.1, 0.15) is 60.8 Å². The van der Waals surface area contributed by atoms with E-state index >= 15 is 0 Å². The minimum atomic E-state index is 0.855. The number of rotatable bonds is 6. The van der Waals surface area contributed by atoms with Crippen LogP contribution in [0, 0.1) is 23.7 Å². The smallest absolute Gasteiger partial charge is 0.0365 e. The predicted molar refractivity (Wildman–Crippen MR) is 61.9 cm³/mol. The van der Waals surface area contributed by atoms with Crippen LogP contribution < -0.4 is 0 Å². The maximum atomic E-state index is 2.43. The first kappa shape index (κ1) is 13.0. The van der Waals surface area contributed by atoms with E-state index in [1.165, 1.54) is 19.3 Å². The molecule has 0 fully saturated rings. The average molecular weight is 184 g/mol. The van der Waals surface area contributed by atoms with E-state index in [1.54, 1.807) is 0 Å². The maximum Gasteiger partial charge on any atom is -0.0365 e. The fourth-order valence-corrected chi connectivity index (χ4v) is 2.59. The molecule has 0 saturated carbocycles. The second kappa shape index (κ2) is 6.45. The van der Waals surface area contributed by atoms with Gasteiger partial charge in [-0.3, -0.25) is 0 Å². The van der Waals surface area contributed by atoms with E-state index in [0.29, 0.717) is 0 Å². The summed E-state index contributed by atoms with van der Waals surface area (Å²) < 4.78 is 0. The molecule has 0 spiro atoms. The van der Waals surface area contributed by atoms with E-state index in [4.69, 9.17) is 0 Å². The molecule has 0 aromatic carbocycles. The van der Waals surface area contributed by atoms with Crippen LogP contribution >= 0.6 is 0 Å². The van der Waals surface area contributed by atoms with Crippen molar-refractivity contribution in [2.24, 2.45) is 23.7 Å². The van der Waals surface area contributed by atoms with Gasteiger partial charge in [0.2, 0.25) is 0 Å². The summed E-state index contributed by atoms with van der Waals surface area (Å²) in [5, 5.41) is 0. The molecule has 0 aromatic heterocycles. The monoisotopic (exact) mass is 184 g/mol. The van der Waals surface area contributed by atoms with Crippen molar-refractivity contribution in [1.29, 1.82) is 0 Å². The van der Waals surface area contributed by atoms with Crippen molar-refractivity contribution in [3.63, 3.8) is 0 Å². The molecule has 0 heterocycles. The predicted octanol–water partition coefficient (Wildman–Crippen LogP) is 4.74. The third-order valence-corrected chi connectivity index (χ3v) is 3.42. The van der Waals surface area contributed by atoms with Crippen molar-refractivity contribution in [3.05, 3.63) is 0 Å². The molecule has 0 saturated heterocycles. The van der Waals surface area contributed by atoms with E-state index in [9.17, 15) is 0 Å². The molecule has 0 radical (unpaired) electrons. The second-order valence-corrected chi connectivity index (χ2v) is 5.06. The fraction of sp³-hybridized carbons (Fsp3) is 1.00. The van der Waals surface area contributed by atoms with Crippen molar-refractivity contribution in [1.82, 2.24) is 0 Å². The Hall–Kier alpha value is 0. The Bertz CT molecular complexity index is 115. The zero-order valence-corrected chi connectivity index (χ0v) is 10.4. The van der Waals surface area contributed by atoms with Crippen molar-refractivity contribution in [2.45, 2.75) is 60.8 Å². The highest BCUT2D eigenvalue weighted by atomic mass is 14.3. The normalized spacial score (nSPS) is 18.7. The molecule has 0 aliphatic heterocycles. The van der Waals surface area contributed by atoms with Gasteiger partial charge in [-0.1, -0.05) is 54.4 Å². The van der Waals surface area contributed by atoms with Crippen LogP contribution in [0.3, 0.4) is 0 Å². The molecular formula is C13H28. The van der Waals surface area contributed by atoms with Gasteiger partial charge >= 0.3 is 0 Å². The summed E-state index contributed by atoms with van der Waals surface area (Å²) in [4.78, 5) is 0. The highest BCUT2D eigenvalue weighted by Gasteiger charge is 2.21. The molecule has 13 heavy (non-hydrogen) atoms. The quantitative estimate of drug-likeness (QED) is 0.559. The molecule has 0 bridgehead atoms. The molecule has 0 aliphatic rings. The molecule has 3 atom stereocenters. The number of hydrogen-bond donors (Lipinski definition) is 0. The van der Waals surface area contributed by atoms with Crippen LogP contribution in [0.4, 0.5) is 0 Å². The number of hydrogen-bond acceptors (Lipinski definition) is 0. The van der Waals surface area contributed by atoms with Gasteiger partial charge in [-0.15, -0.1) is 0 Å². The Morgan fingerprint density at radius 1 is 0.769 bits per heavy atom. The largest absolute Gasteiger partial charge is 0.0651 e. The van der Waals surface area contributed by atoms with Crippen molar-refractivity contribution < 1.29 is 0 Å². The molecule has 0 heteroatoms. The molecule has 0 amide bonds. The Kier molecular flexibility index (Phi) is 6.45. The summed E-state index contributed by atoms with van der Waals surface area (Å²) in [5.41, 5.74) is 0. The van der Waals surface area contributed by atoms with E-state index in [-0.39, 0.29) is 0 Å². The van der Waals surface area contributed by atoms with Gasteiger partial charge in [-0.2, -0.15) is 0 Å². The first-order chi connectivity index (χ1) is 6.02. The standard InChI is InChI=1S/C13H28/c1-7-11(5)13(8-2)12(6)9-10(3)4/h10-13H,7-9H2,1-6H3. The average Bonchev–Trinajstić information content (AvgIpc) is 2.03. The Morgan fingerprint density at radius 3 is 1.62 bits per heavy atom. The molecule has 80 valence electrons. The van der Waals surface area contributed by atoms with Gasteiger partial charge in [0.1, 0.15) is 0 Å². The SMILES string of the molecule is CCC(C)C(CC)C(C)CC(C)C. The molecule has 0 aromatic rings. The molecule has 3 unspecified atom stereocenters. The highest BCUT2D eigenvalue weighted by molar-refractivity contribution is 4.71. The third kappa shape index (κ3) is 4.69. The van der Waals surface area contributed by atoms with Crippen LogP contribution in [-0.2, 0) is 0 Å². The van der Waals surface area contributed by atoms with E-state index in [2.05, 4.69) is 41.5 Å². The minimum Gasteiger partial charge on any atom is -0.0651 e. The summed E-state index contributed by atoms with van der Waals surface area (Å²) in [6.07, 6.45) is 4.08. The molecule has 0 rings (SSSR count). The molecule has 0 nitrogen and oxygen atoms in total. The molecular weight excluding hydrogens is 156 g/mol. The van der Waals surface area contributed by atoms with Gasteiger partial charge < -0.3 is 0 Å². The lowest BCUT2D eigenvalue weighted by molar-refractivity contribution is 0.214. The highest BCUT2D eigenvalue weighted by Crippen LogP contribution is 2.30. The van der Waals surface area contributed by atoms with Crippen molar-refractivity contribution in [2.75, 3.05) is 0 Å². The van der Waals surface area contributed by atoms with Crippen LogP contribution in [0.2, 0.25) is 0 Å². The molecule has 0 aliphatic carbocycles. The van der Waals surface area contributed by atoms with Crippen LogP contribution in [0.25, 0.3) is 0 Å². The van der Waals surface area contributed by atoms with E-state index in [1.807, 2.05) is 0 Å². The van der Waals surface area contributed by atoms with E-state index < -0.39 is 0 Å². The zero-order valence-electron chi connectivity index (χ0n) is 10.4. The minimum absolute atomic E-state index is 0.855. The first-order valence-electron chi connectivity index (χ1n) is 6.02. The molecule has 0 N–H and O–H groups in total. The van der Waals surface area contributed by atoms with Crippen molar-refractivity contribution >= 4 is 0 Å². The van der Waals surface area contributed by atoms with Crippen molar-refractivity contribution in [3.8, 4) is 0 Å². The zero-order chi connectivity index (χ0) is 10.4. The van der Waals surface area contributed by atoms with Gasteiger partial charge in [0, 0.05) is 0 Å². The lowest BCUT2D eigenvalue weighted by Gasteiger charge is -2.29. The Balaban J connectivity index is 4.06. The maximum absolute atomic E-state index is 2.43. The van der Waals surface area contributed by atoms with E-state index in [0.717, 1.165) is 23.7 Å². The van der Waals surface area contributed by atoms with Gasteiger partial charge in [0.25, 0.3) is 0 Å². The third-order valence-electron chi connectivity index (χ3n) is 3.42. The lowest BCUT2D eigenvalue weighted by Crippen LogP contribution is -2.20. The summed E-state index contributed by atoms with van der Waals surface area (Å²) in [7, 11) is 0. The van der Waals surface area contributed by atoms with Gasteiger partial charge in [0.15, 0.2) is 0 Å². The Labute approximate surface area is 85.1 Å².